The summed E-state index contributed by atoms with van der Waals surface area (Å²) in [5.41, 5.74) is 2.23. The van der Waals surface area contributed by atoms with Gasteiger partial charge in [-0.1, -0.05) is 12.1 Å². The average Bonchev–Trinajstić information content (AvgIpc) is 2.50. The molecule has 0 aliphatic rings. The highest BCUT2D eigenvalue weighted by Gasteiger charge is 2.04. The zero-order chi connectivity index (χ0) is 15.9. The molecule has 0 aliphatic carbocycles. The minimum atomic E-state index is -0.317. The first-order chi connectivity index (χ1) is 10.6. The Morgan fingerprint density at radius 2 is 1.77 bits per heavy atom. The first-order valence-electron chi connectivity index (χ1n) is 7.12. The molecule has 5 heteroatoms. The number of rotatable bonds is 6. The molecule has 0 bridgehead atoms. The van der Waals surface area contributed by atoms with Crippen molar-refractivity contribution in [2.24, 2.45) is 0 Å². The fourth-order valence-corrected chi connectivity index (χ4v) is 1.98. The molecule has 0 spiro atoms. The molecule has 4 nitrogen and oxygen atoms in total. The van der Waals surface area contributed by atoms with Gasteiger partial charge in [0.2, 0.25) is 5.91 Å². The second kappa shape index (κ2) is 7.45. The highest BCUT2D eigenvalue weighted by Crippen LogP contribution is 2.16. The van der Waals surface area contributed by atoms with Crippen LogP contribution >= 0.6 is 0 Å². The molecular formula is C17H20FN3O. The van der Waals surface area contributed by atoms with Gasteiger partial charge in [-0.2, -0.15) is 0 Å². The van der Waals surface area contributed by atoms with Gasteiger partial charge >= 0.3 is 0 Å². The van der Waals surface area contributed by atoms with E-state index in [1.807, 2.05) is 43.3 Å². The van der Waals surface area contributed by atoms with Gasteiger partial charge in [-0.3, -0.25) is 4.79 Å². The fraction of sp³-hybridized carbons (Fsp3) is 0.235. The molecule has 116 valence electrons. The number of anilines is 3. The van der Waals surface area contributed by atoms with Gasteiger partial charge in [-0.05, 0) is 36.4 Å². The van der Waals surface area contributed by atoms with E-state index in [1.165, 1.54) is 6.07 Å². The van der Waals surface area contributed by atoms with Crippen LogP contribution in [-0.4, -0.2) is 26.5 Å². The van der Waals surface area contributed by atoms with E-state index in [0.29, 0.717) is 12.2 Å². The number of nitrogens with zero attached hydrogens (tertiary/aromatic N) is 1. The van der Waals surface area contributed by atoms with Crippen LogP contribution in [0.3, 0.4) is 0 Å². The van der Waals surface area contributed by atoms with E-state index in [0.717, 1.165) is 11.4 Å². The minimum Gasteiger partial charge on any atom is -0.382 e. The van der Waals surface area contributed by atoms with Crippen LogP contribution in [0.2, 0.25) is 0 Å². The van der Waals surface area contributed by atoms with Crippen molar-refractivity contribution in [1.29, 1.82) is 0 Å². The number of carbonyl (C=O) groups excluding carboxylic acids is 1. The van der Waals surface area contributed by atoms with Gasteiger partial charge in [0.1, 0.15) is 5.82 Å². The summed E-state index contributed by atoms with van der Waals surface area (Å²) < 4.78 is 13.4. The first-order valence-corrected chi connectivity index (χ1v) is 7.12. The highest BCUT2D eigenvalue weighted by molar-refractivity contribution is 5.91. The second-order valence-corrected chi connectivity index (χ2v) is 5.15. The Morgan fingerprint density at radius 3 is 2.41 bits per heavy atom. The molecule has 2 N–H and O–H groups in total. The van der Waals surface area contributed by atoms with Gasteiger partial charge in [0, 0.05) is 38.4 Å². The summed E-state index contributed by atoms with van der Waals surface area (Å²) in [4.78, 5) is 13.8. The van der Waals surface area contributed by atoms with E-state index in [4.69, 9.17) is 0 Å². The Bertz CT molecular complexity index is 626. The molecule has 2 aromatic rings. The normalized spacial score (nSPS) is 10.1. The quantitative estimate of drug-likeness (QED) is 0.860. The molecule has 0 fully saturated rings. The van der Waals surface area contributed by atoms with Crippen molar-refractivity contribution in [2.45, 2.75) is 6.42 Å². The largest absolute Gasteiger partial charge is 0.382 e. The molecule has 0 saturated carbocycles. The number of amides is 1. The smallest absolute Gasteiger partial charge is 0.226 e. The van der Waals surface area contributed by atoms with Gasteiger partial charge in [-0.25, -0.2) is 4.39 Å². The predicted molar refractivity (Wildman–Crippen MR) is 88.9 cm³/mol. The first kappa shape index (κ1) is 15.8. The lowest BCUT2D eigenvalue weighted by atomic mass is 10.2. The van der Waals surface area contributed by atoms with Crippen molar-refractivity contribution in [3.05, 3.63) is 54.3 Å². The molecule has 22 heavy (non-hydrogen) atoms. The van der Waals surface area contributed by atoms with E-state index in [1.54, 1.807) is 18.2 Å². The number of para-hydroxylation sites is 1. The summed E-state index contributed by atoms with van der Waals surface area (Å²) in [6, 6.07) is 14.0. The topological polar surface area (TPSA) is 44.4 Å². The average molecular weight is 301 g/mol. The molecular weight excluding hydrogens is 281 g/mol. The van der Waals surface area contributed by atoms with Crippen LogP contribution < -0.4 is 15.5 Å². The van der Waals surface area contributed by atoms with Crippen molar-refractivity contribution in [2.75, 3.05) is 36.2 Å². The van der Waals surface area contributed by atoms with E-state index >= 15 is 0 Å². The van der Waals surface area contributed by atoms with Crippen LogP contribution in [-0.2, 0) is 4.79 Å². The third-order valence-electron chi connectivity index (χ3n) is 3.21. The number of benzene rings is 2. The molecule has 0 heterocycles. The lowest BCUT2D eigenvalue weighted by molar-refractivity contribution is -0.115. The Hall–Kier alpha value is -2.56. The molecule has 0 radical (unpaired) electrons. The zero-order valence-corrected chi connectivity index (χ0v) is 12.8. The zero-order valence-electron chi connectivity index (χ0n) is 12.8. The second-order valence-electron chi connectivity index (χ2n) is 5.15. The van der Waals surface area contributed by atoms with Crippen molar-refractivity contribution >= 4 is 23.0 Å². The van der Waals surface area contributed by atoms with Gasteiger partial charge in [-0.15, -0.1) is 0 Å². The maximum absolute atomic E-state index is 13.4. The van der Waals surface area contributed by atoms with Gasteiger partial charge in [0.15, 0.2) is 0 Å². The highest BCUT2D eigenvalue weighted by atomic mass is 19.1. The minimum absolute atomic E-state index is 0.110. The van der Waals surface area contributed by atoms with Crippen LogP contribution in [0.15, 0.2) is 48.5 Å². The lowest BCUT2D eigenvalue weighted by Gasteiger charge is -2.13. The van der Waals surface area contributed by atoms with Gasteiger partial charge in [0.05, 0.1) is 5.69 Å². The van der Waals surface area contributed by atoms with Crippen LogP contribution in [0.1, 0.15) is 6.42 Å². The number of hydrogen-bond donors (Lipinski definition) is 2. The molecule has 0 aliphatic heterocycles. The Labute approximate surface area is 129 Å². The summed E-state index contributed by atoms with van der Waals surface area (Å²) in [5.74, 6) is -0.427. The van der Waals surface area contributed by atoms with Crippen LogP contribution in [0, 0.1) is 5.82 Å². The van der Waals surface area contributed by atoms with E-state index < -0.39 is 0 Å². The SMILES string of the molecule is CN(C)c1ccc(NC(=O)CCNc2ccccc2F)cc1. The predicted octanol–water partition coefficient (Wildman–Crippen LogP) is 3.33. The van der Waals surface area contributed by atoms with Crippen LogP contribution in [0.4, 0.5) is 21.5 Å². The summed E-state index contributed by atoms with van der Waals surface area (Å²) in [7, 11) is 3.92. The third kappa shape index (κ3) is 4.48. The van der Waals surface area contributed by atoms with Gasteiger partial charge < -0.3 is 15.5 Å². The van der Waals surface area contributed by atoms with Crippen molar-refractivity contribution in [3.8, 4) is 0 Å². The Kier molecular flexibility index (Phi) is 5.36. The fourth-order valence-electron chi connectivity index (χ4n) is 1.98. The molecule has 0 atom stereocenters. The van der Waals surface area contributed by atoms with Gasteiger partial charge in [0.25, 0.3) is 0 Å². The van der Waals surface area contributed by atoms with Crippen LogP contribution in [0.5, 0.6) is 0 Å². The summed E-state index contributed by atoms with van der Waals surface area (Å²) in [6.45, 7) is 0.378. The molecule has 2 aromatic carbocycles. The summed E-state index contributed by atoms with van der Waals surface area (Å²) >= 11 is 0. The molecule has 0 aromatic heterocycles. The van der Waals surface area contributed by atoms with E-state index in [9.17, 15) is 9.18 Å². The van der Waals surface area contributed by atoms with Crippen molar-refractivity contribution < 1.29 is 9.18 Å². The molecule has 0 saturated heterocycles. The summed E-state index contributed by atoms with van der Waals surface area (Å²) in [5, 5.41) is 5.73. The third-order valence-corrected chi connectivity index (χ3v) is 3.21. The van der Waals surface area contributed by atoms with Crippen molar-refractivity contribution in [1.82, 2.24) is 0 Å². The van der Waals surface area contributed by atoms with Crippen molar-refractivity contribution in [3.63, 3.8) is 0 Å². The molecule has 2 rings (SSSR count). The van der Waals surface area contributed by atoms with E-state index in [2.05, 4.69) is 10.6 Å². The molecule has 1 amide bonds. The monoisotopic (exact) mass is 301 g/mol. The Balaban J connectivity index is 1.79. The van der Waals surface area contributed by atoms with Crippen LogP contribution in [0.25, 0.3) is 0 Å². The maximum Gasteiger partial charge on any atom is 0.226 e. The lowest BCUT2D eigenvalue weighted by Crippen LogP contribution is -2.16. The summed E-state index contributed by atoms with van der Waals surface area (Å²) in [6.07, 6.45) is 0.268. The molecule has 0 unspecified atom stereocenters. The standard InChI is InChI=1S/C17H20FN3O/c1-21(2)14-9-7-13(8-10-14)20-17(22)11-12-19-16-6-4-3-5-15(16)18/h3-10,19H,11-12H2,1-2H3,(H,20,22). The Morgan fingerprint density at radius 1 is 1.09 bits per heavy atom. The maximum atomic E-state index is 13.4. The number of halogens is 1. The number of hydrogen-bond acceptors (Lipinski definition) is 3. The van der Waals surface area contributed by atoms with E-state index in [-0.39, 0.29) is 18.1 Å². The number of nitrogens with one attached hydrogen (secondary N) is 2. The number of carbonyl (C=O) groups is 1.